The van der Waals surface area contributed by atoms with E-state index in [9.17, 15) is 0 Å². The lowest BCUT2D eigenvalue weighted by Crippen LogP contribution is -2.32. The molecule has 1 heteroatoms. The van der Waals surface area contributed by atoms with Crippen molar-refractivity contribution >= 4 is 0 Å². The zero-order valence-corrected chi connectivity index (χ0v) is 10.2. The third-order valence-corrected chi connectivity index (χ3v) is 3.43. The Hall–Kier alpha value is -1.08. The van der Waals surface area contributed by atoms with Crippen LogP contribution in [0.3, 0.4) is 0 Å². The number of hydrogen-bond acceptors (Lipinski definition) is 1. The second-order valence-electron chi connectivity index (χ2n) is 4.69. The molecule has 0 bridgehead atoms. The first-order chi connectivity index (χ1) is 7.81. The summed E-state index contributed by atoms with van der Waals surface area (Å²) in [6, 6.07) is 9.25. The van der Waals surface area contributed by atoms with Gasteiger partial charge < -0.3 is 0 Å². The van der Waals surface area contributed by atoms with Crippen molar-refractivity contribution in [1.82, 2.24) is 4.90 Å². The Kier molecular flexibility index (Phi) is 3.79. The molecule has 0 aromatic heterocycles. The Balaban J connectivity index is 2.14. The summed E-state index contributed by atoms with van der Waals surface area (Å²) in [5.41, 5.74) is 2.70. The SMILES string of the molecule is C=CC(c1ccc(C)cc1)N1CCCCC1. The fraction of sp³-hybridized carbons (Fsp3) is 0.467. The molecule has 1 aliphatic heterocycles. The number of rotatable bonds is 3. The standard InChI is InChI=1S/C15H21N/c1-3-15(16-11-5-4-6-12-16)14-9-7-13(2)8-10-14/h3,7-10,15H,1,4-6,11-12H2,2H3. The van der Waals surface area contributed by atoms with Crippen molar-refractivity contribution in [1.29, 1.82) is 0 Å². The molecule has 0 radical (unpaired) electrons. The van der Waals surface area contributed by atoms with E-state index in [-0.39, 0.29) is 0 Å². The Bertz CT molecular complexity index is 333. The molecule has 0 amide bonds. The van der Waals surface area contributed by atoms with Crippen molar-refractivity contribution < 1.29 is 0 Å². The molecule has 16 heavy (non-hydrogen) atoms. The van der Waals surface area contributed by atoms with Crippen LogP contribution in [0.1, 0.15) is 36.4 Å². The molecule has 1 aromatic rings. The van der Waals surface area contributed by atoms with E-state index in [2.05, 4.69) is 48.7 Å². The van der Waals surface area contributed by atoms with Crippen LogP contribution in [-0.4, -0.2) is 18.0 Å². The number of aryl methyl sites for hydroxylation is 1. The van der Waals surface area contributed by atoms with Crippen LogP contribution >= 0.6 is 0 Å². The second kappa shape index (κ2) is 5.31. The van der Waals surface area contributed by atoms with Gasteiger partial charge in [0.15, 0.2) is 0 Å². The molecule has 1 saturated heterocycles. The first-order valence-corrected chi connectivity index (χ1v) is 6.24. The van der Waals surface area contributed by atoms with Crippen LogP contribution in [-0.2, 0) is 0 Å². The molecule has 2 rings (SSSR count). The zero-order valence-electron chi connectivity index (χ0n) is 10.2. The molecular formula is C15H21N. The van der Waals surface area contributed by atoms with Gasteiger partial charge in [-0.15, -0.1) is 6.58 Å². The molecule has 0 spiro atoms. The highest BCUT2D eigenvalue weighted by atomic mass is 15.2. The van der Waals surface area contributed by atoms with Crippen LogP contribution in [0.2, 0.25) is 0 Å². The van der Waals surface area contributed by atoms with Crippen LogP contribution in [0, 0.1) is 6.92 Å². The van der Waals surface area contributed by atoms with Gasteiger partial charge in [0.05, 0.1) is 6.04 Å². The summed E-state index contributed by atoms with van der Waals surface area (Å²) in [6.45, 7) is 8.55. The summed E-state index contributed by atoms with van der Waals surface area (Å²) >= 11 is 0. The minimum atomic E-state index is 0.404. The van der Waals surface area contributed by atoms with E-state index >= 15 is 0 Å². The van der Waals surface area contributed by atoms with E-state index in [0.717, 1.165) is 0 Å². The maximum absolute atomic E-state index is 3.99. The van der Waals surface area contributed by atoms with Crippen molar-refractivity contribution in [2.24, 2.45) is 0 Å². The second-order valence-corrected chi connectivity index (χ2v) is 4.69. The van der Waals surface area contributed by atoms with Gasteiger partial charge in [-0.25, -0.2) is 0 Å². The predicted molar refractivity (Wildman–Crippen MR) is 69.5 cm³/mol. The topological polar surface area (TPSA) is 3.24 Å². The van der Waals surface area contributed by atoms with Crippen molar-refractivity contribution in [3.05, 3.63) is 48.0 Å². The van der Waals surface area contributed by atoms with E-state index in [1.807, 2.05) is 0 Å². The summed E-state index contributed by atoms with van der Waals surface area (Å²) in [5.74, 6) is 0. The molecule has 0 aliphatic carbocycles. The summed E-state index contributed by atoms with van der Waals surface area (Å²) in [7, 11) is 0. The van der Waals surface area contributed by atoms with Gasteiger partial charge in [-0.1, -0.05) is 42.3 Å². The number of benzene rings is 1. The van der Waals surface area contributed by atoms with Crippen LogP contribution in [0.15, 0.2) is 36.9 Å². The fourth-order valence-electron chi connectivity index (χ4n) is 2.46. The molecule has 1 atom stereocenters. The van der Waals surface area contributed by atoms with Gasteiger partial charge >= 0.3 is 0 Å². The molecule has 0 N–H and O–H groups in total. The van der Waals surface area contributed by atoms with E-state index < -0.39 is 0 Å². The summed E-state index contributed by atoms with van der Waals surface area (Å²) in [6.07, 6.45) is 6.12. The maximum Gasteiger partial charge on any atom is 0.0528 e. The van der Waals surface area contributed by atoms with Gasteiger partial charge in [0, 0.05) is 0 Å². The van der Waals surface area contributed by atoms with E-state index in [1.165, 1.54) is 43.5 Å². The smallest absolute Gasteiger partial charge is 0.0528 e. The first-order valence-electron chi connectivity index (χ1n) is 6.24. The molecule has 1 aliphatic rings. The third kappa shape index (κ3) is 2.53. The molecule has 1 fully saturated rings. The Morgan fingerprint density at radius 2 is 1.75 bits per heavy atom. The van der Waals surface area contributed by atoms with Gasteiger partial charge in [-0.2, -0.15) is 0 Å². The summed E-state index contributed by atoms with van der Waals surface area (Å²) in [5, 5.41) is 0. The van der Waals surface area contributed by atoms with E-state index in [4.69, 9.17) is 0 Å². The normalized spacial score (nSPS) is 19.3. The largest absolute Gasteiger partial charge is 0.293 e. The molecular weight excluding hydrogens is 194 g/mol. The highest BCUT2D eigenvalue weighted by Gasteiger charge is 2.18. The van der Waals surface area contributed by atoms with Gasteiger partial charge in [-0.05, 0) is 38.4 Å². The van der Waals surface area contributed by atoms with E-state index in [1.54, 1.807) is 0 Å². The highest BCUT2D eigenvalue weighted by molar-refractivity contribution is 5.26. The minimum Gasteiger partial charge on any atom is -0.293 e. The number of likely N-dealkylation sites (tertiary alicyclic amines) is 1. The number of nitrogens with zero attached hydrogens (tertiary/aromatic N) is 1. The van der Waals surface area contributed by atoms with Gasteiger partial charge in [-0.3, -0.25) is 4.90 Å². The minimum absolute atomic E-state index is 0.404. The molecule has 1 nitrogen and oxygen atoms in total. The lowest BCUT2D eigenvalue weighted by Gasteiger charge is -2.33. The maximum atomic E-state index is 3.99. The highest BCUT2D eigenvalue weighted by Crippen LogP contribution is 2.25. The van der Waals surface area contributed by atoms with Crippen molar-refractivity contribution in [2.75, 3.05) is 13.1 Å². The Labute approximate surface area is 98.8 Å². The first kappa shape index (κ1) is 11.4. The quantitative estimate of drug-likeness (QED) is 0.695. The monoisotopic (exact) mass is 215 g/mol. The number of hydrogen-bond donors (Lipinski definition) is 0. The van der Waals surface area contributed by atoms with Gasteiger partial charge in [0.1, 0.15) is 0 Å². The van der Waals surface area contributed by atoms with Gasteiger partial charge in [0.25, 0.3) is 0 Å². The average molecular weight is 215 g/mol. The summed E-state index contributed by atoms with van der Waals surface area (Å²) in [4.78, 5) is 2.54. The average Bonchev–Trinajstić information content (AvgIpc) is 2.34. The van der Waals surface area contributed by atoms with E-state index in [0.29, 0.717) is 6.04 Å². The number of piperidine rings is 1. The van der Waals surface area contributed by atoms with Crippen molar-refractivity contribution in [3.63, 3.8) is 0 Å². The van der Waals surface area contributed by atoms with Gasteiger partial charge in [0.2, 0.25) is 0 Å². The lowest BCUT2D eigenvalue weighted by molar-refractivity contribution is 0.192. The summed E-state index contributed by atoms with van der Waals surface area (Å²) < 4.78 is 0. The molecule has 1 aromatic carbocycles. The third-order valence-electron chi connectivity index (χ3n) is 3.43. The van der Waals surface area contributed by atoms with Crippen LogP contribution < -0.4 is 0 Å². The molecule has 1 heterocycles. The Morgan fingerprint density at radius 1 is 1.12 bits per heavy atom. The van der Waals surface area contributed by atoms with Crippen LogP contribution in [0.5, 0.6) is 0 Å². The molecule has 0 saturated carbocycles. The van der Waals surface area contributed by atoms with Crippen LogP contribution in [0.25, 0.3) is 0 Å². The van der Waals surface area contributed by atoms with Crippen molar-refractivity contribution in [3.8, 4) is 0 Å². The Morgan fingerprint density at radius 3 is 2.31 bits per heavy atom. The fourth-order valence-corrected chi connectivity index (χ4v) is 2.46. The predicted octanol–water partition coefficient (Wildman–Crippen LogP) is 3.71. The van der Waals surface area contributed by atoms with Crippen molar-refractivity contribution in [2.45, 2.75) is 32.2 Å². The zero-order chi connectivity index (χ0) is 11.4. The lowest BCUT2D eigenvalue weighted by atomic mass is 10.0. The molecule has 1 unspecified atom stereocenters. The van der Waals surface area contributed by atoms with Crippen LogP contribution in [0.4, 0.5) is 0 Å². The molecule has 86 valence electrons.